The van der Waals surface area contributed by atoms with E-state index >= 15 is 0 Å². The second-order valence-corrected chi connectivity index (χ2v) is 7.33. The van der Waals surface area contributed by atoms with Gasteiger partial charge in [0.05, 0.1) is 11.2 Å². The van der Waals surface area contributed by atoms with Crippen molar-refractivity contribution in [2.45, 2.75) is 24.4 Å². The van der Waals surface area contributed by atoms with Gasteiger partial charge >= 0.3 is 0 Å². The van der Waals surface area contributed by atoms with Gasteiger partial charge in [-0.1, -0.05) is 11.6 Å². The van der Waals surface area contributed by atoms with Gasteiger partial charge in [0.1, 0.15) is 0 Å². The molecule has 1 fully saturated rings. The van der Waals surface area contributed by atoms with Gasteiger partial charge in [0.2, 0.25) is 0 Å². The standard InChI is InChI=1S/C10H17ClN4O2S/c1-10(2)7-15(5-4-12-10)18(16,17)9-8(11)6-13-14(9)3/h6,12H,4-5,7H2,1-3H3. The summed E-state index contributed by atoms with van der Waals surface area (Å²) in [5.41, 5.74) is -0.240. The summed E-state index contributed by atoms with van der Waals surface area (Å²) in [6, 6.07) is 0. The summed E-state index contributed by atoms with van der Waals surface area (Å²) in [6.45, 7) is 5.42. The smallest absolute Gasteiger partial charge is 0.261 e. The fourth-order valence-corrected chi connectivity index (χ4v) is 4.32. The summed E-state index contributed by atoms with van der Waals surface area (Å²) in [6.07, 6.45) is 1.35. The van der Waals surface area contributed by atoms with E-state index in [-0.39, 0.29) is 15.6 Å². The molecule has 0 atom stereocenters. The maximum atomic E-state index is 12.5. The molecule has 2 heterocycles. The van der Waals surface area contributed by atoms with E-state index in [0.717, 1.165) is 0 Å². The summed E-state index contributed by atoms with van der Waals surface area (Å²) in [5.74, 6) is 0. The van der Waals surface area contributed by atoms with Crippen LogP contribution in [0.25, 0.3) is 0 Å². The molecule has 18 heavy (non-hydrogen) atoms. The van der Waals surface area contributed by atoms with Crippen molar-refractivity contribution in [3.05, 3.63) is 11.2 Å². The lowest BCUT2D eigenvalue weighted by molar-refractivity contribution is 0.232. The number of hydrogen-bond donors (Lipinski definition) is 1. The average Bonchev–Trinajstić information content (AvgIpc) is 2.57. The molecule has 0 aliphatic carbocycles. The summed E-state index contributed by atoms with van der Waals surface area (Å²) < 4.78 is 27.8. The molecule has 0 unspecified atom stereocenters. The molecule has 8 heteroatoms. The van der Waals surface area contributed by atoms with Crippen LogP contribution in [0.15, 0.2) is 11.2 Å². The third-order valence-electron chi connectivity index (χ3n) is 2.96. The van der Waals surface area contributed by atoms with Crippen molar-refractivity contribution in [2.24, 2.45) is 7.05 Å². The maximum absolute atomic E-state index is 12.5. The number of nitrogens with one attached hydrogen (secondary N) is 1. The molecule has 0 spiro atoms. The maximum Gasteiger partial charge on any atom is 0.261 e. The summed E-state index contributed by atoms with van der Waals surface area (Å²) in [4.78, 5) is 0. The molecule has 1 N–H and O–H groups in total. The highest BCUT2D eigenvalue weighted by Crippen LogP contribution is 2.25. The monoisotopic (exact) mass is 292 g/mol. The van der Waals surface area contributed by atoms with E-state index in [4.69, 9.17) is 11.6 Å². The Morgan fingerprint density at radius 1 is 1.50 bits per heavy atom. The van der Waals surface area contributed by atoms with E-state index in [1.165, 1.54) is 15.2 Å². The van der Waals surface area contributed by atoms with Crippen molar-refractivity contribution in [3.8, 4) is 0 Å². The second-order valence-electron chi connectivity index (χ2n) is 5.07. The van der Waals surface area contributed by atoms with Gasteiger partial charge in [-0.05, 0) is 13.8 Å². The third kappa shape index (κ3) is 2.40. The van der Waals surface area contributed by atoms with Crippen LogP contribution in [0.1, 0.15) is 13.8 Å². The number of nitrogens with zero attached hydrogens (tertiary/aromatic N) is 3. The van der Waals surface area contributed by atoms with Crippen molar-refractivity contribution < 1.29 is 8.42 Å². The number of halogens is 1. The van der Waals surface area contributed by atoms with Gasteiger partial charge in [0, 0.05) is 32.2 Å². The van der Waals surface area contributed by atoms with E-state index < -0.39 is 10.0 Å². The van der Waals surface area contributed by atoms with E-state index in [2.05, 4.69) is 10.4 Å². The Bertz CT molecular complexity index is 533. The molecule has 2 rings (SSSR count). The number of piperazine rings is 1. The Hall–Kier alpha value is -0.630. The molecule has 0 bridgehead atoms. The third-order valence-corrected chi connectivity index (χ3v) is 5.32. The lowest BCUT2D eigenvalue weighted by Gasteiger charge is -2.38. The molecule has 1 aliphatic rings. The fourth-order valence-electron chi connectivity index (χ4n) is 2.11. The largest absolute Gasteiger partial charge is 0.309 e. The predicted molar refractivity (Wildman–Crippen MR) is 69.1 cm³/mol. The first-order valence-corrected chi connectivity index (χ1v) is 7.48. The Morgan fingerprint density at radius 2 is 2.17 bits per heavy atom. The van der Waals surface area contributed by atoms with Gasteiger partial charge in [-0.3, -0.25) is 4.68 Å². The quantitative estimate of drug-likeness (QED) is 0.859. The number of sulfonamides is 1. The zero-order chi connectivity index (χ0) is 13.6. The van der Waals surface area contributed by atoms with Crippen LogP contribution in [-0.4, -0.2) is 47.7 Å². The molecule has 1 aromatic rings. The first kappa shape index (κ1) is 13.8. The topological polar surface area (TPSA) is 67.2 Å². The zero-order valence-corrected chi connectivity index (χ0v) is 12.2. The molecule has 1 aromatic heterocycles. The van der Waals surface area contributed by atoms with Crippen LogP contribution in [0, 0.1) is 0 Å². The van der Waals surface area contributed by atoms with Crippen LogP contribution < -0.4 is 5.32 Å². The Kier molecular flexibility index (Phi) is 3.44. The first-order valence-electron chi connectivity index (χ1n) is 5.67. The lowest BCUT2D eigenvalue weighted by atomic mass is 10.0. The molecule has 1 aliphatic heterocycles. The lowest BCUT2D eigenvalue weighted by Crippen LogP contribution is -2.58. The average molecular weight is 293 g/mol. The van der Waals surface area contributed by atoms with Crippen molar-refractivity contribution in [3.63, 3.8) is 0 Å². The Labute approximate surface area is 112 Å². The number of rotatable bonds is 2. The number of aromatic nitrogens is 2. The van der Waals surface area contributed by atoms with Gasteiger partial charge in [-0.25, -0.2) is 8.42 Å². The van der Waals surface area contributed by atoms with Crippen LogP contribution in [0.5, 0.6) is 0 Å². The first-order chi connectivity index (χ1) is 8.24. The zero-order valence-electron chi connectivity index (χ0n) is 10.6. The molecule has 0 aromatic carbocycles. The van der Waals surface area contributed by atoms with E-state index in [9.17, 15) is 8.42 Å². The van der Waals surface area contributed by atoms with E-state index in [0.29, 0.717) is 19.6 Å². The SMILES string of the molecule is Cn1ncc(Cl)c1S(=O)(=O)N1CCNC(C)(C)C1. The van der Waals surface area contributed by atoms with E-state index in [1.807, 2.05) is 13.8 Å². The normalized spacial score (nSPS) is 21.1. The van der Waals surface area contributed by atoms with Gasteiger partial charge < -0.3 is 5.32 Å². The number of aryl methyl sites for hydroxylation is 1. The van der Waals surface area contributed by atoms with Gasteiger partial charge in [0.25, 0.3) is 10.0 Å². The predicted octanol–water partition coefficient (Wildman–Crippen LogP) is 0.446. The van der Waals surface area contributed by atoms with Gasteiger partial charge in [-0.15, -0.1) is 0 Å². The summed E-state index contributed by atoms with van der Waals surface area (Å²) in [5, 5.41) is 7.37. The van der Waals surface area contributed by atoms with Crippen molar-refractivity contribution in [1.82, 2.24) is 19.4 Å². The summed E-state index contributed by atoms with van der Waals surface area (Å²) in [7, 11) is -2.01. The van der Waals surface area contributed by atoms with Gasteiger partial charge in [0.15, 0.2) is 5.03 Å². The van der Waals surface area contributed by atoms with Crippen LogP contribution in [-0.2, 0) is 17.1 Å². The molecule has 1 saturated heterocycles. The minimum absolute atomic E-state index is 0.0573. The highest BCUT2D eigenvalue weighted by atomic mass is 35.5. The number of hydrogen-bond acceptors (Lipinski definition) is 4. The molecule has 6 nitrogen and oxygen atoms in total. The molecule has 0 amide bonds. The molecule has 0 saturated carbocycles. The van der Waals surface area contributed by atoms with Crippen LogP contribution >= 0.6 is 11.6 Å². The van der Waals surface area contributed by atoms with Crippen LogP contribution in [0.4, 0.5) is 0 Å². The van der Waals surface area contributed by atoms with Crippen molar-refractivity contribution in [2.75, 3.05) is 19.6 Å². The van der Waals surface area contributed by atoms with Gasteiger partial charge in [-0.2, -0.15) is 9.40 Å². The molecule has 102 valence electrons. The van der Waals surface area contributed by atoms with E-state index in [1.54, 1.807) is 7.05 Å². The molecular formula is C10H17ClN4O2S. The minimum atomic E-state index is -3.59. The Balaban J connectivity index is 2.38. The fraction of sp³-hybridized carbons (Fsp3) is 0.700. The van der Waals surface area contributed by atoms with Crippen molar-refractivity contribution in [1.29, 1.82) is 0 Å². The van der Waals surface area contributed by atoms with Crippen LogP contribution in [0.2, 0.25) is 5.02 Å². The Morgan fingerprint density at radius 3 is 2.67 bits per heavy atom. The highest BCUT2D eigenvalue weighted by molar-refractivity contribution is 7.89. The second kappa shape index (κ2) is 4.48. The minimum Gasteiger partial charge on any atom is -0.309 e. The summed E-state index contributed by atoms with van der Waals surface area (Å²) >= 11 is 5.92. The molecular weight excluding hydrogens is 276 g/mol. The van der Waals surface area contributed by atoms with Crippen molar-refractivity contribution >= 4 is 21.6 Å². The molecule has 0 radical (unpaired) electrons. The van der Waals surface area contributed by atoms with Crippen LogP contribution in [0.3, 0.4) is 0 Å². The highest BCUT2D eigenvalue weighted by Gasteiger charge is 2.36.